The topological polar surface area (TPSA) is 79.6 Å². The summed E-state index contributed by atoms with van der Waals surface area (Å²) in [7, 11) is 0. The highest BCUT2D eigenvalue weighted by Crippen LogP contribution is 2.14. The van der Waals surface area contributed by atoms with Gasteiger partial charge in [-0.2, -0.15) is 0 Å². The summed E-state index contributed by atoms with van der Waals surface area (Å²) in [6.45, 7) is 12.0. The van der Waals surface area contributed by atoms with E-state index in [2.05, 4.69) is 68.4 Å². The molecule has 9 heteroatoms. The SMILES string of the molecule is CCCNC(=NCc1ccccc1CN1CCOCC1)NCCn1cnnc1CC.I. The minimum Gasteiger partial charge on any atom is -0.379 e. The van der Waals surface area contributed by atoms with Gasteiger partial charge >= 0.3 is 0 Å². The Morgan fingerprint density at radius 2 is 1.84 bits per heavy atom. The summed E-state index contributed by atoms with van der Waals surface area (Å²) >= 11 is 0. The van der Waals surface area contributed by atoms with Crippen LogP contribution in [0.25, 0.3) is 0 Å². The van der Waals surface area contributed by atoms with E-state index in [1.165, 1.54) is 11.1 Å². The molecule has 3 rings (SSSR count). The maximum absolute atomic E-state index is 5.47. The van der Waals surface area contributed by atoms with Crippen molar-refractivity contribution in [2.24, 2.45) is 4.99 Å². The van der Waals surface area contributed by atoms with Crippen LogP contribution >= 0.6 is 24.0 Å². The molecule has 0 atom stereocenters. The molecule has 1 aliphatic rings. The largest absolute Gasteiger partial charge is 0.379 e. The zero-order valence-corrected chi connectivity index (χ0v) is 21.0. The number of halogens is 1. The van der Waals surface area contributed by atoms with Crippen LogP contribution in [0.3, 0.4) is 0 Å². The van der Waals surface area contributed by atoms with Crippen molar-refractivity contribution in [1.29, 1.82) is 0 Å². The molecule has 2 heterocycles. The second-order valence-electron chi connectivity index (χ2n) is 7.47. The molecule has 0 bridgehead atoms. The lowest BCUT2D eigenvalue weighted by molar-refractivity contribution is 0.0341. The Bertz CT molecular complexity index is 790. The second-order valence-corrected chi connectivity index (χ2v) is 7.47. The molecule has 0 radical (unpaired) electrons. The molecule has 0 unspecified atom stereocenters. The molecule has 2 N–H and O–H groups in total. The summed E-state index contributed by atoms with van der Waals surface area (Å²) < 4.78 is 7.56. The van der Waals surface area contributed by atoms with Gasteiger partial charge in [0.1, 0.15) is 12.2 Å². The lowest BCUT2D eigenvalue weighted by Gasteiger charge is -2.27. The highest BCUT2D eigenvalue weighted by Gasteiger charge is 2.12. The molecule has 1 fully saturated rings. The highest BCUT2D eigenvalue weighted by atomic mass is 127. The molecule has 8 nitrogen and oxygen atoms in total. The van der Waals surface area contributed by atoms with Crippen molar-refractivity contribution in [2.75, 3.05) is 39.4 Å². The van der Waals surface area contributed by atoms with Crippen LogP contribution in [-0.4, -0.2) is 65.0 Å². The third-order valence-electron chi connectivity index (χ3n) is 5.22. The number of benzene rings is 1. The number of rotatable bonds is 10. The lowest BCUT2D eigenvalue weighted by atomic mass is 10.1. The maximum Gasteiger partial charge on any atom is 0.191 e. The molecule has 0 amide bonds. The van der Waals surface area contributed by atoms with Gasteiger partial charge < -0.3 is 19.9 Å². The smallest absolute Gasteiger partial charge is 0.191 e. The summed E-state index contributed by atoms with van der Waals surface area (Å²) in [4.78, 5) is 7.31. The minimum atomic E-state index is 0. The van der Waals surface area contributed by atoms with Gasteiger partial charge in [0.05, 0.1) is 19.8 Å². The van der Waals surface area contributed by atoms with Gasteiger partial charge in [-0.3, -0.25) is 4.90 Å². The van der Waals surface area contributed by atoms with Gasteiger partial charge in [0.15, 0.2) is 5.96 Å². The first kappa shape index (κ1) is 25.5. The Morgan fingerprint density at radius 1 is 1.10 bits per heavy atom. The predicted octanol–water partition coefficient (Wildman–Crippen LogP) is 2.44. The zero-order valence-electron chi connectivity index (χ0n) is 18.7. The average Bonchev–Trinajstić information content (AvgIpc) is 3.24. The Labute approximate surface area is 202 Å². The second kappa shape index (κ2) is 14.4. The fraction of sp³-hybridized carbons (Fsp3) is 0.591. The van der Waals surface area contributed by atoms with Crippen LogP contribution in [0.5, 0.6) is 0 Å². The van der Waals surface area contributed by atoms with E-state index in [-0.39, 0.29) is 24.0 Å². The molecule has 1 aromatic heterocycles. The van der Waals surface area contributed by atoms with E-state index in [1.54, 1.807) is 6.33 Å². The number of nitrogens with zero attached hydrogens (tertiary/aromatic N) is 5. The molecule has 0 saturated carbocycles. The van der Waals surface area contributed by atoms with Crippen molar-refractivity contribution in [3.8, 4) is 0 Å². The number of guanidine groups is 1. The van der Waals surface area contributed by atoms with Crippen molar-refractivity contribution >= 4 is 29.9 Å². The summed E-state index contributed by atoms with van der Waals surface area (Å²) in [5.41, 5.74) is 2.61. The number of hydrogen-bond acceptors (Lipinski definition) is 5. The number of aryl methyl sites for hydroxylation is 1. The molecule has 0 aliphatic carbocycles. The fourth-order valence-electron chi connectivity index (χ4n) is 3.48. The zero-order chi connectivity index (χ0) is 21.0. The number of nitrogens with one attached hydrogen (secondary N) is 2. The highest BCUT2D eigenvalue weighted by molar-refractivity contribution is 14.0. The number of ether oxygens (including phenoxy) is 1. The minimum absolute atomic E-state index is 0. The Morgan fingerprint density at radius 3 is 2.58 bits per heavy atom. The van der Waals surface area contributed by atoms with Crippen LogP contribution in [0.1, 0.15) is 37.2 Å². The molecule has 172 valence electrons. The summed E-state index contributed by atoms with van der Waals surface area (Å²) in [5.74, 6) is 1.86. The Hall–Kier alpha value is -1.72. The van der Waals surface area contributed by atoms with Crippen LogP contribution in [0.15, 0.2) is 35.6 Å². The number of aromatic nitrogens is 3. The average molecular weight is 541 g/mol. The van der Waals surface area contributed by atoms with E-state index in [1.807, 2.05) is 0 Å². The molecule has 1 aromatic carbocycles. The molecule has 1 saturated heterocycles. The lowest BCUT2D eigenvalue weighted by Crippen LogP contribution is -2.39. The molecular weight excluding hydrogens is 505 g/mol. The van der Waals surface area contributed by atoms with E-state index in [9.17, 15) is 0 Å². The van der Waals surface area contributed by atoms with Gasteiger partial charge in [0, 0.05) is 45.7 Å². The van der Waals surface area contributed by atoms with Crippen molar-refractivity contribution in [3.05, 3.63) is 47.5 Å². The normalized spacial score (nSPS) is 14.8. The molecule has 1 aliphatic heterocycles. The summed E-state index contributed by atoms with van der Waals surface area (Å²) in [6.07, 6.45) is 3.73. The van der Waals surface area contributed by atoms with Crippen LogP contribution < -0.4 is 10.6 Å². The number of aliphatic imine (C=N–C) groups is 1. The first-order valence-electron chi connectivity index (χ1n) is 11.1. The van der Waals surface area contributed by atoms with Crippen LogP contribution in [0, 0.1) is 0 Å². The van der Waals surface area contributed by atoms with E-state index < -0.39 is 0 Å². The third-order valence-corrected chi connectivity index (χ3v) is 5.22. The summed E-state index contributed by atoms with van der Waals surface area (Å²) in [5, 5.41) is 15.0. The maximum atomic E-state index is 5.47. The standard InChI is InChI=1S/C22H35N7O.HI/c1-3-9-23-22(24-10-11-29-18-26-27-21(29)4-2)25-16-19-7-5-6-8-20(19)17-28-12-14-30-15-13-28;/h5-8,18H,3-4,9-17H2,1-2H3,(H2,23,24,25);1H. The van der Waals surface area contributed by atoms with E-state index in [0.29, 0.717) is 6.54 Å². The van der Waals surface area contributed by atoms with Crippen molar-refractivity contribution < 1.29 is 4.74 Å². The van der Waals surface area contributed by atoms with E-state index >= 15 is 0 Å². The van der Waals surface area contributed by atoms with E-state index in [4.69, 9.17) is 9.73 Å². The number of morpholine rings is 1. The van der Waals surface area contributed by atoms with Gasteiger partial charge in [-0.25, -0.2) is 4.99 Å². The first-order chi connectivity index (χ1) is 14.8. The monoisotopic (exact) mass is 541 g/mol. The molecule has 31 heavy (non-hydrogen) atoms. The summed E-state index contributed by atoms with van der Waals surface area (Å²) in [6, 6.07) is 8.60. The quantitative estimate of drug-likeness (QED) is 0.274. The number of hydrogen-bond donors (Lipinski definition) is 2. The van der Waals surface area contributed by atoms with Crippen molar-refractivity contribution in [2.45, 2.75) is 46.3 Å². The third kappa shape index (κ3) is 8.38. The van der Waals surface area contributed by atoms with Gasteiger partial charge in [-0.05, 0) is 17.5 Å². The van der Waals surface area contributed by atoms with E-state index in [0.717, 1.165) is 77.1 Å². The first-order valence-corrected chi connectivity index (χ1v) is 11.1. The van der Waals surface area contributed by atoms with Crippen LogP contribution in [0.2, 0.25) is 0 Å². The van der Waals surface area contributed by atoms with Crippen LogP contribution in [0.4, 0.5) is 0 Å². The van der Waals surface area contributed by atoms with Crippen molar-refractivity contribution in [3.63, 3.8) is 0 Å². The molecular formula is C22H36IN7O. The Balaban J connectivity index is 0.00000341. The molecule has 2 aromatic rings. The molecule has 0 spiro atoms. The van der Waals surface area contributed by atoms with Gasteiger partial charge in [-0.1, -0.05) is 38.1 Å². The van der Waals surface area contributed by atoms with Gasteiger partial charge in [0.2, 0.25) is 0 Å². The van der Waals surface area contributed by atoms with Crippen LogP contribution in [-0.2, 0) is 30.8 Å². The van der Waals surface area contributed by atoms with Gasteiger partial charge in [-0.15, -0.1) is 34.2 Å². The Kier molecular flexibility index (Phi) is 11.8. The predicted molar refractivity (Wildman–Crippen MR) is 135 cm³/mol. The van der Waals surface area contributed by atoms with Gasteiger partial charge in [0.25, 0.3) is 0 Å². The van der Waals surface area contributed by atoms with Crippen molar-refractivity contribution in [1.82, 2.24) is 30.3 Å². The fourth-order valence-corrected chi connectivity index (χ4v) is 3.48.